The number of hydrogen-bond acceptors (Lipinski definition) is 4. The van der Waals surface area contributed by atoms with Crippen molar-refractivity contribution in [1.82, 2.24) is 10.6 Å². The van der Waals surface area contributed by atoms with Crippen LogP contribution in [-0.4, -0.2) is 50.6 Å². The van der Waals surface area contributed by atoms with Crippen LogP contribution in [0, 0.1) is 5.92 Å². The summed E-state index contributed by atoms with van der Waals surface area (Å²) in [4.78, 5) is 4.65. The van der Waals surface area contributed by atoms with Gasteiger partial charge >= 0.3 is 0 Å². The van der Waals surface area contributed by atoms with Crippen LogP contribution in [-0.2, 0) is 11.3 Å². The Hall–Kier alpha value is -1.06. The van der Waals surface area contributed by atoms with Crippen molar-refractivity contribution in [1.29, 1.82) is 0 Å². The first-order valence-electron chi connectivity index (χ1n) is 10.0. The van der Waals surface area contributed by atoms with Crippen molar-refractivity contribution in [2.24, 2.45) is 10.9 Å². The zero-order valence-corrected chi connectivity index (χ0v) is 20.1. The summed E-state index contributed by atoms with van der Waals surface area (Å²) in [6.07, 6.45) is 2.47. The van der Waals surface area contributed by atoms with Gasteiger partial charge in [0.25, 0.3) is 0 Å². The number of aliphatic imine (C=N–C) groups is 1. The molecule has 0 radical (unpaired) electrons. The molecule has 0 bridgehead atoms. The fourth-order valence-corrected chi connectivity index (χ4v) is 2.80. The third-order valence-corrected chi connectivity index (χ3v) is 4.61. The number of methoxy groups -OCH3 is 1. The number of halogens is 1. The predicted octanol–water partition coefficient (Wildman–Crippen LogP) is 3.57. The molecule has 7 heteroatoms. The highest BCUT2D eigenvalue weighted by atomic mass is 127. The Morgan fingerprint density at radius 3 is 2.36 bits per heavy atom. The van der Waals surface area contributed by atoms with Gasteiger partial charge in [-0.2, -0.15) is 0 Å². The standard InChI is InChI=1S/C21H37N3O3.HI/c1-5-18(6-2)20(25)16-24-21(22-13-8-14-27-7-3)23-15-17-9-11-19(26-4)12-10-17;/h9-12,18,20,25H,5-8,13-16H2,1-4H3,(H2,22,23,24);1H. The van der Waals surface area contributed by atoms with E-state index < -0.39 is 0 Å². The van der Waals surface area contributed by atoms with Crippen LogP contribution in [0.15, 0.2) is 29.3 Å². The molecule has 1 aromatic carbocycles. The average Bonchev–Trinajstić information content (AvgIpc) is 2.70. The zero-order valence-electron chi connectivity index (χ0n) is 17.7. The fourth-order valence-electron chi connectivity index (χ4n) is 2.80. The molecule has 1 rings (SSSR count). The largest absolute Gasteiger partial charge is 0.497 e. The quantitative estimate of drug-likeness (QED) is 0.165. The molecule has 162 valence electrons. The van der Waals surface area contributed by atoms with E-state index in [-0.39, 0.29) is 30.1 Å². The van der Waals surface area contributed by atoms with E-state index in [9.17, 15) is 5.11 Å². The van der Waals surface area contributed by atoms with Gasteiger partial charge in [0.15, 0.2) is 5.96 Å². The number of nitrogens with zero attached hydrogens (tertiary/aromatic N) is 1. The van der Waals surface area contributed by atoms with Gasteiger partial charge in [-0.15, -0.1) is 24.0 Å². The third-order valence-electron chi connectivity index (χ3n) is 4.61. The van der Waals surface area contributed by atoms with Crippen LogP contribution < -0.4 is 15.4 Å². The molecular formula is C21H38IN3O3. The lowest BCUT2D eigenvalue weighted by Gasteiger charge is -2.22. The van der Waals surface area contributed by atoms with Crippen molar-refractivity contribution in [3.8, 4) is 5.75 Å². The summed E-state index contributed by atoms with van der Waals surface area (Å²) >= 11 is 0. The van der Waals surface area contributed by atoms with Crippen LogP contribution in [0.25, 0.3) is 0 Å². The summed E-state index contributed by atoms with van der Waals surface area (Å²) in [5.74, 6) is 1.86. The number of aliphatic hydroxyl groups is 1. The maximum absolute atomic E-state index is 10.4. The molecule has 1 aromatic rings. The molecule has 28 heavy (non-hydrogen) atoms. The van der Waals surface area contributed by atoms with Crippen molar-refractivity contribution in [3.05, 3.63) is 29.8 Å². The maximum Gasteiger partial charge on any atom is 0.191 e. The van der Waals surface area contributed by atoms with E-state index in [2.05, 4.69) is 29.5 Å². The molecule has 0 heterocycles. The second-order valence-electron chi connectivity index (χ2n) is 6.51. The highest BCUT2D eigenvalue weighted by Gasteiger charge is 2.15. The molecule has 1 atom stereocenters. The highest BCUT2D eigenvalue weighted by Crippen LogP contribution is 2.13. The summed E-state index contributed by atoms with van der Waals surface area (Å²) in [6, 6.07) is 7.89. The SMILES string of the molecule is CCOCCCNC(=NCc1ccc(OC)cc1)NCC(O)C(CC)CC.I. The Morgan fingerprint density at radius 2 is 1.79 bits per heavy atom. The van der Waals surface area contributed by atoms with Crippen LogP contribution in [0.5, 0.6) is 5.75 Å². The number of rotatable bonds is 13. The van der Waals surface area contributed by atoms with Gasteiger partial charge in [-0.25, -0.2) is 4.99 Å². The lowest BCUT2D eigenvalue weighted by Crippen LogP contribution is -2.43. The van der Waals surface area contributed by atoms with Crippen LogP contribution in [0.2, 0.25) is 0 Å². The molecule has 0 aromatic heterocycles. The minimum absolute atomic E-state index is 0. The summed E-state index contributed by atoms with van der Waals surface area (Å²) < 4.78 is 10.6. The van der Waals surface area contributed by atoms with E-state index in [4.69, 9.17) is 9.47 Å². The first-order valence-corrected chi connectivity index (χ1v) is 10.0. The average molecular weight is 507 g/mol. The summed E-state index contributed by atoms with van der Waals surface area (Å²) in [6.45, 7) is 9.51. The lowest BCUT2D eigenvalue weighted by molar-refractivity contribution is 0.106. The second kappa shape index (κ2) is 16.9. The maximum atomic E-state index is 10.4. The van der Waals surface area contributed by atoms with Gasteiger partial charge in [-0.3, -0.25) is 0 Å². The zero-order chi connectivity index (χ0) is 19.9. The normalized spacial score (nSPS) is 12.4. The molecular weight excluding hydrogens is 469 g/mol. The Labute approximate surface area is 187 Å². The van der Waals surface area contributed by atoms with E-state index in [1.165, 1.54) is 0 Å². The molecule has 0 aliphatic rings. The van der Waals surface area contributed by atoms with E-state index in [0.717, 1.165) is 50.3 Å². The van der Waals surface area contributed by atoms with E-state index in [1.807, 2.05) is 31.2 Å². The minimum atomic E-state index is -0.378. The van der Waals surface area contributed by atoms with E-state index in [1.54, 1.807) is 7.11 Å². The summed E-state index contributed by atoms with van der Waals surface area (Å²) in [7, 11) is 1.66. The molecule has 0 spiro atoms. The Morgan fingerprint density at radius 1 is 1.11 bits per heavy atom. The number of nitrogens with one attached hydrogen (secondary N) is 2. The predicted molar refractivity (Wildman–Crippen MR) is 127 cm³/mol. The van der Waals surface area contributed by atoms with Crippen molar-refractivity contribution in [3.63, 3.8) is 0 Å². The number of aliphatic hydroxyl groups excluding tert-OH is 1. The molecule has 3 N–H and O–H groups in total. The van der Waals surface area contributed by atoms with Gasteiger partial charge in [-0.05, 0) is 37.0 Å². The van der Waals surface area contributed by atoms with Crippen molar-refractivity contribution in [2.75, 3.05) is 33.4 Å². The molecule has 0 amide bonds. The lowest BCUT2D eigenvalue weighted by atomic mass is 9.97. The molecule has 1 unspecified atom stereocenters. The van der Waals surface area contributed by atoms with Crippen molar-refractivity contribution < 1.29 is 14.6 Å². The van der Waals surface area contributed by atoms with E-state index >= 15 is 0 Å². The third kappa shape index (κ3) is 11.1. The Kier molecular flexibility index (Phi) is 16.2. The molecule has 6 nitrogen and oxygen atoms in total. The topological polar surface area (TPSA) is 75.1 Å². The van der Waals surface area contributed by atoms with Gasteiger partial charge in [0.2, 0.25) is 0 Å². The summed E-state index contributed by atoms with van der Waals surface area (Å²) in [5.41, 5.74) is 1.10. The fraction of sp³-hybridized carbons (Fsp3) is 0.667. The van der Waals surface area contributed by atoms with Gasteiger partial charge in [0.05, 0.1) is 19.8 Å². The minimum Gasteiger partial charge on any atom is -0.497 e. The second-order valence-corrected chi connectivity index (χ2v) is 6.51. The van der Waals surface area contributed by atoms with Crippen LogP contribution in [0.3, 0.4) is 0 Å². The number of guanidine groups is 1. The van der Waals surface area contributed by atoms with Crippen LogP contribution in [0.1, 0.15) is 45.6 Å². The van der Waals surface area contributed by atoms with Gasteiger partial charge in [0, 0.05) is 26.3 Å². The van der Waals surface area contributed by atoms with Gasteiger partial charge in [-0.1, -0.05) is 38.8 Å². The summed E-state index contributed by atoms with van der Waals surface area (Å²) in [5, 5.41) is 17.0. The van der Waals surface area contributed by atoms with E-state index in [0.29, 0.717) is 25.0 Å². The Balaban J connectivity index is 0.00000729. The monoisotopic (exact) mass is 507 g/mol. The number of hydrogen-bond donors (Lipinski definition) is 3. The molecule has 0 fully saturated rings. The molecule has 0 saturated heterocycles. The first kappa shape index (κ1) is 26.9. The smallest absolute Gasteiger partial charge is 0.191 e. The Bertz CT molecular complexity index is 522. The van der Waals surface area contributed by atoms with Gasteiger partial charge in [0.1, 0.15) is 5.75 Å². The number of benzene rings is 1. The number of ether oxygens (including phenoxy) is 2. The van der Waals surface area contributed by atoms with Crippen LogP contribution in [0.4, 0.5) is 0 Å². The van der Waals surface area contributed by atoms with Crippen molar-refractivity contribution >= 4 is 29.9 Å². The molecule has 0 aliphatic carbocycles. The first-order chi connectivity index (χ1) is 13.1. The van der Waals surface area contributed by atoms with Crippen molar-refractivity contribution in [2.45, 2.75) is 52.7 Å². The highest BCUT2D eigenvalue weighted by molar-refractivity contribution is 14.0. The van der Waals surface area contributed by atoms with Crippen LogP contribution >= 0.6 is 24.0 Å². The van der Waals surface area contributed by atoms with Gasteiger partial charge < -0.3 is 25.2 Å². The molecule has 0 saturated carbocycles. The molecule has 0 aliphatic heterocycles.